The van der Waals surface area contributed by atoms with Gasteiger partial charge in [-0.25, -0.2) is 4.57 Å². The van der Waals surface area contributed by atoms with Crippen molar-refractivity contribution >= 4 is 32.7 Å². The third-order valence-electron chi connectivity index (χ3n) is 6.75. The third-order valence-corrected chi connectivity index (χ3v) is 6.75. The Morgan fingerprint density at radius 1 is 0.861 bits per heavy atom. The van der Waals surface area contributed by atoms with Crippen LogP contribution in [0.3, 0.4) is 0 Å². The summed E-state index contributed by atoms with van der Waals surface area (Å²) < 4.78 is 25.9. The molecule has 36 heavy (non-hydrogen) atoms. The molecule has 0 saturated carbocycles. The largest absolute Gasteiger partial charge is 0.454 e. The number of hydrogen-bond acceptors (Lipinski definition) is 2. The Kier molecular flexibility index (Phi) is 4.67. The summed E-state index contributed by atoms with van der Waals surface area (Å²) in [6.45, 7) is 7.82. The maximum atomic E-state index is 8.56. The van der Waals surface area contributed by atoms with Crippen LogP contribution in [0.15, 0.2) is 89.6 Å². The second-order valence-corrected chi connectivity index (χ2v) is 10.6. The van der Waals surface area contributed by atoms with Gasteiger partial charge < -0.3 is 4.42 Å². The van der Waals surface area contributed by atoms with Crippen LogP contribution in [-0.4, -0.2) is 4.98 Å². The summed E-state index contributed by atoms with van der Waals surface area (Å²) in [4.78, 5) is 4.54. The van der Waals surface area contributed by atoms with E-state index >= 15 is 0 Å². The van der Waals surface area contributed by atoms with Gasteiger partial charge in [0.05, 0.1) is 5.56 Å². The Labute approximate surface area is 214 Å². The first-order valence-corrected chi connectivity index (χ1v) is 12.4. The molecule has 0 bridgehead atoms. The lowest BCUT2D eigenvalue weighted by molar-refractivity contribution is -0.660. The monoisotopic (exact) mass is 473 g/mol. The Bertz CT molecular complexity index is 1840. The first-order chi connectivity index (χ1) is 18.1. The molecule has 0 spiro atoms. The standard InChI is InChI=1S/C33H31N2O/c1-21-10-14-28-27-15-12-22-8-6-7-9-26(22)31(27)36-32(28)30(21)29-18-23(16-17-35(29)5)24-11-13-25(34-20-24)19-33(2,3)4/h6-18,20H,19H2,1-5H3/q+1/i19D2. The van der Waals surface area contributed by atoms with Crippen LogP contribution in [0.4, 0.5) is 0 Å². The van der Waals surface area contributed by atoms with Crippen molar-refractivity contribution in [3.8, 4) is 22.4 Å². The molecule has 0 saturated heterocycles. The number of rotatable bonds is 3. The number of benzene rings is 3. The molecule has 6 aromatic rings. The van der Waals surface area contributed by atoms with Crippen molar-refractivity contribution in [3.63, 3.8) is 0 Å². The van der Waals surface area contributed by atoms with Crippen molar-refractivity contribution in [1.29, 1.82) is 0 Å². The van der Waals surface area contributed by atoms with E-state index in [0.29, 0.717) is 5.69 Å². The minimum Gasteiger partial charge on any atom is -0.454 e. The van der Waals surface area contributed by atoms with E-state index in [9.17, 15) is 0 Å². The summed E-state index contributed by atoms with van der Waals surface area (Å²) in [6, 6.07) is 25.0. The predicted molar refractivity (Wildman–Crippen MR) is 149 cm³/mol. The molecule has 3 aromatic heterocycles. The zero-order valence-electron chi connectivity index (χ0n) is 23.4. The predicted octanol–water partition coefficient (Wildman–Crippen LogP) is 8.19. The van der Waals surface area contributed by atoms with E-state index < -0.39 is 11.8 Å². The smallest absolute Gasteiger partial charge is 0.216 e. The zero-order valence-corrected chi connectivity index (χ0v) is 21.4. The number of furan rings is 1. The van der Waals surface area contributed by atoms with Gasteiger partial charge in [-0.1, -0.05) is 69.3 Å². The minimum absolute atomic E-state index is 0.450. The number of pyridine rings is 2. The Morgan fingerprint density at radius 3 is 2.42 bits per heavy atom. The number of fused-ring (bicyclic) bond motifs is 5. The van der Waals surface area contributed by atoms with Crippen molar-refractivity contribution in [3.05, 3.63) is 96.4 Å². The molecule has 0 aliphatic heterocycles. The van der Waals surface area contributed by atoms with E-state index in [1.165, 1.54) is 0 Å². The Hall–Kier alpha value is -3.98. The van der Waals surface area contributed by atoms with Crippen LogP contribution in [0.2, 0.25) is 0 Å². The molecule has 6 rings (SSSR count). The molecule has 0 radical (unpaired) electrons. The molecule has 3 nitrogen and oxygen atoms in total. The van der Waals surface area contributed by atoms with Crippen LogP contribution >= 0.6 is 0 Å². The lowest BCUT2D eigenvalue weighted by Crippen LogP contribution is -2.30. The summed E-state index contributed by atoms with van der Waals surface area (Å²) >= 11 is 0. The number of nitrogens with zero attached hydrogens (tertiary/aromatic N) is 2. The highest BCUT2D eigenvalue weighted by Gasteiger charge is 2.22. The average molecular weight is 474 g/mol. The van der Waals surface area contributed by atoms with Crippen molar-refractivity contribution in [1.82, 2.24) is 4.98 Å². The van der Waals surface area contributed by atoms with Gasteiger partial charge in [-0.2, -0.15) is 0 Å². The lowest BCUT2D eigenvalue weighted by Gasteiger charge is -2.17. The average Bonchev–Trinajstić information content (AvgIpc) is 3.28. The van der Waals surface area contributed by atoms with Crippen molar-refractivity contribution in [2.24, 2.45) is 12.5 Å². The lowest BCUT2D eigenvalue weighted by atomic mass is 9.90. The molecule has 0 fully saturated rings. The van der Waals surface area contributed by atoms with E-state index in [1.54, 1.807) is 6.20 Å². The van der Waals surface area contributed by atoms with Crippen LogP contribution < -0.4 is 4.57 Å². The fourth-order valence-electron chi connectivity index (χ4n) is 5.01. The molecule has 0 amide bonds. The van der Waals surface area contributed by atoms with Crippen LogP contribution in [0.25, 0.3) is 55.1 Å². The Balaban J connectivity index is 1.51. The van der Waals surface area contributed by atoms with Gasteiger partial charge in [-0.05, 0) is 47.4 Å². The quantitative estimate of drug-likeness (QED) is 0.243. The second kappa shape index (κ2) is 8.30. The topological polar surface area (TPSA) is 29.9 Å². The molecule has 3 aromatic carbocycles. The fraction of sp³-hybridized carbons (Fsp3) is 0.212. The molecule has 0 unspecified atom stereocenters. The van der Waals surface area contributed by atoms with Crippen molar-refractivity contribution < 1.29 is 11.7 Å². The highest BCUT2D eigenvalue weighted by atomic mass is 16.3. The summed E-state index contributed by atoms with van der Waals surface area (Å²) in [5, 5.41) is 4.50. The first kappa shape index (κ1) is 20.2. The van der Waals surface area contributed by atoms with Gasteiger partial charge in [0.15, 0.2) is 6.20 Å². The van der Waals surface area contributed by atoms with E-state index in [4.69, 9.17) is 7.16 Å². The van der Waals surface area contributed by atoms with Crippen molar-refractivity contribution in [2.45, 2.75) is 34.1 Å². The highest BCUT2D eigenvalue weighted by molar-refractivity contribution is 6.17. The van der Waals surface area contributed by atoms with E-state index in [-0.39, 0.29) is 0 Å². The number of hydrogen-bond donors (Lipinski definition) is 0. The Morgan fingerprint density at radius 2 is 1.64 bits per heavy atom. The highest BCUT2D eigenvalue weighted by Crippen LogP contribution is 2.40. The molecule has 0 N–H and O–H groups in total. The fourth-order valence-corrected chi connectivity index (χ4v) is 5.01. The molecule has 0 aliphatic carbocycles. The summed E-state index contributed by atoms with van der Waals surface area (Å²) in [5.74, 6) is 0. The van der Waals surface area contributed by atoms with Gasteiger partial charge in [-0.3, -0.25) is 4.98 Å². The van der Waals surface area contributed by atoms with Gasteiger partial charge in [0.25, 0.3) is 0 Å². The molecular weight excluding hydrogens is 440 g/mol. The number of aromatic nitrogens is 2. The molecule has 0 atom stereocenters. The summed E-state index contributed by atoms with van der Waals surface area (Å²) in [5.41, 5.74) is 6.91. The van der Waals surface area contributed by atoms with E-state index in [1.807, 2.05) is 32.9 Å². The van der Waals surface area contributed by atoms with Crippen LogP contribution in [0, 0.1) is 12.3 Å². The number of aryl methyl sites for hydroxylation is 2. The van der Waals surface area contributed by atoms with Gasteiger partial charge in [-0.15, -0.1) is 0 Å². The second-order valence-electron chi connectivity index (χ2n) is 10.6. The van der Waals surface area contributed by atoms with Gasteiger partial charge in [0.1, 0.15) is 18.2 Å². The summed E-state index contributed by atoms with van der Waals surface area (Å²) in [6.07, 6.45) is 2.31. The van der Waals surface area contributed by atoms with Gasteiger partial charge in [0.2, 0.25) is 5.69 Å². The SMILES string of the molecule is [2H]C([2H])(c1ccc(-c2cc[n+](C)c(-c3c(C)ccc4c3oc3c5ccccc5ccc43)c2)cn1)C(C)(C)C. The maximum Gasteiger partial charge on any atom is 0.216 e. The zero-order chi connectivity index (χ0) is 26.8. The van der Waals surface area contributed by atoms with Gasteiger partial charge in [0, 0.05) is 48.5 Å². The van der Waals surface area contributed by atoms with Crippen LogP contribution in [0.5, 0.6) is 0 Å². The van der Waals surface area contributed by atoms with E-state index in [0.717, 1.165) is 60.7 Å². The maximum absolute atomic E-state index is 8.56. The molecule has 3 heteroatoms. The summed E-state index contributed by atoms with van der Waals surface area (Å²) in [7, 11) is 2.05. The normalized spacial score (nSPS) is 13.4. The van der Waals surface area contributed by atoms with Gasteiger partial charge >= 0.3 is 0 Å². The first-order valence-electron chi connectivity index (χ1n) is 13.4. The molecular formula is C33H31N2O+. The molecule has 0 aliphatic rings. The van der Waals surface area contributed by atoms with Crippen molar-refractivity contribution in [2.75, 3.05) is 0 Å². The van der Waals surface area contributed by atoms with Crippen LogP contribution in [0.1, 0.15) is 34.8 Å². The third kappa shape index (κ3) is 3.85. The van der Waals surface area contributed by atoms with E-state index in [2.05, 4.69) is 90.4 Å². The minimum atomic E-state index is -1.53. The molecule has 3 heterocycles. The van der Waals surface area contributed by atoms with Crippen LogP contribution in [-0.2, 0) is 13.4 Å². The molecule has 178 valence electrons.